The number of nitro groups is 1. The van der Waals surface area contributed by atoms with Crippen LogP contribution in [0.25, 0.3) is 0 Å². The number of hydrogen-bond acceptors (Lipinski definition) is 4. The Hall–Kier alpha value is -1.62. The lowest BCUT2D eigenvalue weighted by Gasteiger charge is -2.11. The lowest BCUT2D eigenvalue weighted by molar-refractivity contribution is -0.385. The van der Waals surface area contributed by atoms with Crippen molar-refractivity contribution in [3.8, 4) is 5.75 Å². The predicted octanol–water partition coefficient (Wildman–Crippen LogP) is 2.98. The first-order valence-electron chi connectivity index (χ1n) is 6.53. The van der Waals surface area contributed by atoms with Gasteiger partial charge in [0.25, 0.3) is 5.69 Å². The molecular formula is C14H22N2O3. The Morgan fingerprint density at radius 1 is 1.32 bits per heavy atom. The predicted molar refractivity (Wildman–Crippen MR) is 75.8 cm³/mol. The molecule has 0 aliphatic rings. The Balaban J connectivity index is 2.58. The Morgan fingerprint density at radius 2 is 2.00 bits per heavy atom. The summed E-state index contributed by atoms with van der Waals surface area (Å²) in [5, 5.41) is 14.2. The third-order valence-electron chi connectivity index (χ3n) is 2.82. The third kappa shape index (κ3) is 4.87. The Morgan fingerprint density at radius 3 is 2.58 bits per heavy atom. The van der Waals surface area contributed by atoms with Gasteiger partial charge in [-0.15, -0.1) is 0 Å². The van der Waals surface area contributed by atoms with Gasteiger partial charge in [-0.3, -0.25) is 10.1 Å². The van der Waals surface area contributed by atoms with Crippen molar-refractivity contribution in [1.82, 2.24) is 5.32 Å². The smallest absolute Gasteiger partial charge is 0.276 e. The molecule has 0 heterocycles. The molecule has 0 atom stereocenters. The molecular weight excluding hydrogens is 244 g/mol. The molecule has 1 N–H and O–H groups in total. The van der Waals surface area contributed by atoms with Crippen molar-refractivity contribution in [3.05, 3.63) is 33.4 Å². The maximum Gasteiger partial charge on any atom is 0.276 e. The molecule has 0 saturated heterocycles. The topological polar surface area (TPSA) is 64.4 Å². The third-order valence-corrected chi connectivity index (χ3v) is 2.82. The van der Waals surface area contributed by atoms with Gasteiger partial charge in [0.15, 0.2) is 0 Å². The summed E-state index contributed by atoms with van der Waals surface area (Å²) in [7, 11) is 0. The maximum atomic E-state index is 10.9. The lowest BCUT2D eigenvalue weighted by atomic mass is 10.1. The molecule has 5 heteroatoms. The van der Waals surface area contributed by atoms with Crippen LogP contribution in [0.4, 0.5) is 5.69 Å². The number of benzene rings is 1. The minimum absolute atomic E-state index is 0.112. The average Bonchev–Trinajstić information content (AvgIpc) is 2.30. The van der Waals surface area contributed by atoms with Crippen LogP contribution in [0, 0.1) is 24.0 Å². The van der Waals surface area contributed by atoms with E-state index in [0.29, 0.717) is 24.0 Å². The minimum atomic E-state index is -0.373. The first-order chi connectivity index (χ1) is 8.91. The summed E-state index contributed by atoms with van der Waals surface area (Å²) in [4.78, 5) is 10.5. The number of nitrogens with zero attached hydrogens (tertiary/aromatic N) is 1. The van der Waals surface area contributed by atoms with Crippen LogP contribution in [0.2, 0.25) is 0 Å². The SMILES string of the molecule is Cc1cc(C)c([N+](=O)[O-])cc1OCCCNC(C)C. The molecule has 0 aliphatic heterocycles. The van der Waals surface area contributed by atoms with E-state index in [-0.39, 0.29) is 10.6 Å². The zero-order chi connectivity index (χ0) is 14.4. The van der Waals surface area contributed by atoms with Crippen molar-refractivity contribution in [2.24, 2.45) is 0 Å². The molecule has 106 valence electrons. The van der Waals surface area contributed by atoms with E-state index in [4.69, 9.17) is 4.74 Å². The molecule has 0 saturated carbocycles. The second-order valence-electron chi connectivity index (χ2n) is 4.97. The first kappa shape index (κ1) is 15.4. The maximum absolute atomic E-state index is 10.9. The fraction of sp³-hybridized carbons (Fsp3) is 0.571. The summed E-state index contributed by atoms with van der Waals surface area (Å²) in [6, 6.07) is 3.77. The van der Waals surface area contributed by atoms with Crippen molar-refractivity contribution in [2.45, 2.75) is 40.2 Å². The van der Waals surface area contributed by atoms with Gasteiger partial charge in [0, 0.05) is 11.6 Å². The van der Waals surface area contributed by atoms with E-state index in [1.54, 1.807) is 13.0 Å². The van der Waals surface area contributed by atoms with Crippen LogP contribution >= 0.6 is 0 Å². The minimum Gasteiger partial charge on any atom is -0.493 e. The van der Waals surface area contributed by atoms with E-state index >= 15 is 0 Å². The summed E-state index contributed by atoms with van der Waals surface area (Å²) in [6.45, 7) is 9.26. The summed E-state index contributed by atoms with van der Waals surface area (Å²) < 4.78 is 5.62. The van der Waals surface area contributed by atoms with Crippen LogP contribution in [0.1, 0.15) is 31.4 Å². The van der Waals surface area contributed by atoms with Gasteiger partial charge in [0.05, 0.1) is 17.6 Å². The van der Waals surface area contributed by atoms with Crippen LogP contribution in [-0.4, -0.2) is 24.1 Å². The molecule has 0 amide bonds. The van der Waals surface area contributed by atoms with E-state index in [1.807, 2.05) is 6.92 Å². The summed E-state index contributed by atoms with van der Waals surface area (Å²) in [5.74, 6) is 0.599. The largest absolute Gasteiger partial charge is 0.493 e. The quantitative estimate of drug-likeness (QED) is 0.468. The summed E-state index contributed by atoms with van der Waals surface area (Å²) in [5.41, 5.74) is 1.71. The number of rotatable bonds is 7. The van der Waals surface area contributed by atoms with Crippen molar-refractivity contribution in [2.75, 3.05) is 13.2 Å². The van der Waals surface area contributed by atoms with Crippen molar-refractivity contribution in [1.29, 1.82) is 0 Å². The van der Waals surface area contributed by atoms with Crippen molar-refractivity contribution >= 4 is 5.69 Å². The molecule has 0 aromatic heterocycles. The second-order valence-corrected chi connectivity index (χ2v) is 4.97. The van der Waals surface area contributed by atoms with E-state index in [0.717, 1.165) is 18.5 Å². The monoisotopic (exact) mass is 266 g/mol. The standard InChI is InChI=1S/C14H22N2O3/c1-10(2)15-6-5-7-19-14-9-13(16(17)18)11(3)8-12(14)4/h8-10,15H,5-7H2,1-4H3. The fourth-order valence-electron chi connectivity index (χ4n) is 1.82. The van der Waals surface area contributed by atoms with E-state index < -0.39 is 0 Å². The van der Waals surface area contributed by atoms with Gasteiger partial charge in [-0.2, -0.15) is 0 Å². The summed E-state index contributed by atoms with van der Waals surface area (Å²) in [6.07, 6.45) is 0.874. The van der Waals surface area contributed by atoms with E-state index in [2.05, 4.69) is 19.2 Å². The molecule has 0 bridgehead atoms. The highest BCUT2D eigenvalue weighted by molar-refractivity contribution is 5.49. The zero-order valence-corrected chi connectivity index (χ0v) is 12.0. The molecule has 1 aromatic rings. The Labute approximate surface area is 114 Å². The van der Waals surface area contributed by atoms with Gasteiger partial charge in [-0.25, -0.2) is 0 Å². The Kier molecular flexibility index (Phi) is 5.76. The van der Waals surface area contributed by atoms with Crippen LogP contribution in [0.5, 0.6) is 5.75 Å². The molecule has 0 aliphatic carbocycles. The number of nitro benzene ring substituents is 1. The average molecular weight is 266 g/mol. The van der Waals surface area contributed by atoms with Gasteiger partial charge in [-0.1, -0.05) is 13.8 Å². The highest BCUT2D eigenvalue weighted by Crippen LogP contribution is 2.28. The van der Waals surface area contributed by atoms with Crippen LogP contribution < -0.4 is 10.1 Å². The van der Waals surface area contributed by atoms with Gasteiger partial charge in [0.1, 0.15) is 5.75 Å². The van der Waals surface area contributed by atoms with Crippen LogP contribution in [0.3, 0.4) is 0 Å². The highest BCUT2D eigenvalue weighted by Gasteiger charge is 2.14. The lowest BCUT2D eigenvalue weighted by Crippen LogP contribution is -2.24. The molecule has 0 fully saturated rings. The van der Waals surface area contributed by atoms with Crippen molar-refractivity contribution < 1.29 is 9.66 Å². The second kappa shape index (κ2) is 7.09. The van der Waals surface area contributed by atoms with Gasteiger partial charge in [-0.05, 0) is 38.4 Å². The molecule has 5 nitrogen and oxygen atoms in total. The van der Waals surface area contributed by atoms with Gasteiger partial charge >= 0.3 is 0 Å². The first-order valence-corrected chi connectivity index (χ1v) is 6.53. The summed E-state index contributed by atoms with van der Waals surface area (Å²) >= 11 is 0. The number of aryl methyl sites for hydroxylation is 2. The molecule has 0 spiro atoms. The number of ether oxygens (including phenoxy) is 1. The fourth-order valence-corrected chi connectivity index (χ4v) is 1.82. The normalized spacial score (nSPS) is 10.8. The number of hydrogen-bond donors (Lipinski definition) is 1. The molecule has 0 radical (unpaired) electrons. The van der Waals surface area contributed by atoms with E-state index in [1.165, 1.54) is 6.07 Å². The highest BCUT2D eigenvalue weighted by atomic mass is 16.6. The van der Waals surface area contributed by atoms with Gasteiger partial charge < -0.3 is 10.1 Å². The molecule has 19 heavy (non-hydrogen) atoms. The Bertz CT molecular complexity index is 445. The van der Waals surface area contributed by atoms with Gasteiger partial charge in [0.2, 0.25) is 0 Å². The zero-order valence-electron chi connectivity index (χ0n) is 12.0. The van der Waals surface area contributed by atoms with E-state index in [9.17, 15) is 10.1 Å². The van der Waals surface area contributed by atoms with Crippen LogP contribution in [0.15, 0.2) is 12.1 Å². The van der Waals surface area contributed by atoms with Crippen LogP contribution in [-0.2, 0) is 0 Å². The number of nitrogens with one attached hydrogen (secondary N) is 1. The molecule has 1 aromatic carbocycles. The molecule has 1 rings (SSSR count). The molecule has 0 unspecified atom stereocenters. The van der Waals surface area contributed by atoms with Crippen molar-refractivity contribution in [3.63, 3.8) is 0 Å².